The predicted molar refractivity (Wildman–Crippen MR) is 85.8 cm³/mol. The van der Waals surface area contributed by atoms with Gasteiger partial charge in [-0.25, -0.2) is 0 Å². The zero-order valence-corrected chi connectivity index (χ0v) is 13.5. The van der Waals surface area contributed by atoms with Crippen LogP contribution in [0.1, 0.15) is 12.8 Å². The number of likely N-dealkylation sites (tertiary alicyclic amines) is 1. The third-order valence-corrected chi connectivity index (χ3v) is 4.60. The number of rotatable bonds is 5. The highest BCUT2D eigenvalue weighted by molar-refractivity contribution is 9.10. The molecule has 1 saturated heterocycles. The largest absolute Gasteiger partial charge is 0.383 e. The minimum absolute atomic E-state index is 0.771. The fraction of sp³-hybridized carbons (Fsp3) is 0.600. The van der Waals surface area contributed by atoms with E-state index in [1.54, 1.807) is 0 Å². The highest BCUT2D eigenvalue weighted by atomic mass is 79.9. The predicted octanol–water partition coefficient (Wildman–Crippen LogP) is 2.89. The molecule has 106 valence electrons. The van der Waals surface area contributed by atoms with Crippen molar-refractivity contribution in [1.29, 1.82) is 0 Å². The van der Waals surface area contributed by atoms with Gasteiger partial charge in [0, 0.05) is 29.3 Å². The Morgan fingerprint density at radius 3 is 2.58 bits per heavy atom. The number of nitrogens with one attached hydrogen (secondary N) is 1. The molecular weight excluding hydrogens is 302 g/mol. The normalized spacial score (nSPS) is 17.9. The molecular formula is C15H24BrN3. The van der Waals surface area contributed by atoms with Crippen molar-refractivity contribution < 1.29 is 0 Å². The van der Waals surface area contributed by atoms with Crippen molar-refractivity contribution in [2.45, 2.75) is 18.9 Å². The molecule has 0 amide bonds. The van der Waals surface area contributed by atoms with Crippen LogP contribution in [0.3, 0.4) is 0 Å². The van der Waals surface area contributed by atoms with E-state index >= 15 is 0 Å². The van der Waals surface area contributed by atoms with E-state index in [1.807, 2.05) is 6.07 Å². The zero-order chi connectivity index (χ0) is 13.7. The molecule has 0 saturated carbocycles. The Hall–Kier alpha value is -0.580. The van der Waals surface area contributed by atoms with Gasteiger partial charge in [0.05, 0.1) is 0 Å². The van der Waals surface area contributed by atoms with Crippen molar-refractivity contribution in [2.24, 2.45) is 0 Å². The average molecular weight is 326 g/mol. The van der Waals surface area contributed by atoms with Crippen LogP contribution in [0.5, 0.6) is 0 Å². The second-order valence-corrected chi connectivity index (χ2v) is 6.30. The second kappa shape index (κ2) is 7.27. The molecule has 1 heterocycles. The molecule has 1 N–H and O–H groups in total. The minimum atomic E-state index is 0.771. The van der Waals surface area contributed by atoms with Gasteiger partial charge in [-0.05, 0) is 68.1 Å². The van der Waals surface area contributed by atoms with Gasteiger partial charge < -0.3 is 15.1 Å². The van der Waals surface area contributed by atoms with Crippen LogP contribution < -0.4 is 5.32 Å². The first-order valence-corrected chi connectivity index (χ1v) is 7.83. The topological polar surface area (TPSA) is 18.5 Å². The first kappa shape index (κ1) is 14.8. The van der Waals surface area contributed by atoms with Gasteiger partial charge in [-0.3, -0.25) is 0 Å². The highest BCUT2D eigenvalue weighted by Crippen LogP contribution is 2.21. The smallest absolute Gasteiger partial charge is 0.0485 e. The Morgan fingerprint density at radius 2 is 1.95 bits per heavy atom. The number of piperidine rings is 1. The monoisotopic (exact) mass is 325 g/mol. The lowest BCUT2D eigenvalue weighted by Gasteiger charge is -2.35. The van der Waals surface area contributed by atoms with E-state index in [9.17, 15) is 0 Å². The molecule has 1 aliphatic heterocycles. The third-order valence-electron chi connectivity index (χ3n) is 3.90. The van der Waals surface area contributed by atoms with Crippen LogP contribution in [0, 0.1) is 0 Å². The van der Waals surface area contributed by atoms with E-state index in [4.69, 9.17) is 0 Å². The maximum Gasteiger partial charge on any atom is 0.0485 e. The molecule has 4 heteroatoms. The van der Waals surface area contributed by atoms with Crippen LogP contribution in [-0.2, 0) is 0 Å². The van der Waals surface area contributed by atoms with E-state index in [0.29, 0.717) is 0 Å². The van der Waals surface area contributed by atoms with Gasteiger partial charge in [0.15, 0.2) is 0 Å². The second-order valence-electron chi connectivity index (χ2n) is 5.44. The standard InChI is InChI=1S/C15H24BrN3/c1-18(2)13-7-10-19(11-8-13)12-9-17-15-6-4-3-5-14(15)16/h3-6,13,17H,7-12H2,1-2H3. The molecule has 0 bridgehead atoms. The summed E-state index contributed by atoms with van der Waals surface area (Å²) in [6.07, 6.45) is 2.59. The summed E-state index contributed by atoms with van der Waals surface area (Å²) < 4.78 is 1.14. The fourth-order valence-corrected chi connectivity index (χ4v) is 3.04. The van der Waals surface area contributed by atoms with E-state index in [1.165, 1.54) is 31.6 Å². The minimum Gasteiger partial charge on any atom is -0.383 e. The van der Waals surface area contributed by atoms with Crippen LogP contribution in [0.25, 0.3) is 0 Å². The van der Waals surface area contributed by atoms with Crippen molar-refractivity contribution >= 4 is 21.6 Å². The number of para-hydroxylation sites is 1. The molecule has 1 fully saturated rings. The fourth-order valence-electron chi connectivity index (χ4n) is 2.61. The Kier molecular flexibility index (Phi) is 5.67. The molecule has 0 aliphatic carbocycles. The number of hydrogen-bond acceptors (Lipinski definition) is 3. The molecule has 0 atom stereocenters. The summed E-state index contributed by atoms with van der Waals surface area (Å²) in [4.78, 5) is 4.92. The van der Waals surface area contributed by atoms with Crippen molar-refractivity contribution in [3.05, 3.63) is 28.7 Å². The van der Waals surface area contributed by atoms with Gasteiger partial charge in [0.2, 0.25) is 0 Å². The van der Waals surface area contributed by atoms with Gasteiger partial charge >= 0.3 is 0 Å². The Labute approximate surface area is 125 Å². The Bertz CT molecular complexity index is 387. The molecule has 1 aromatic carbocycles. The van der Waals surface area contributed by atoms with Crippen molar-refractivity contribution in [3.8, 4) is 0 Å². The maximum atomic E-state index is 3.56. The summed E-state index contributed by atoms with van der Waals surface area (Å²) in [6.45, 7) is 4.58. The summed E-state index contributed by atoms with van der Waals surface area (Å²) in [7, 11) is 4.38. The number of halogens is 1. The van der Waals surface area contributed by atoms with Crippen molar-refractivity contribution in [2.75, 3.05) is 45.6 Å². The van der Waals surface area contributed by atoms with E-state index < -0.39 is 0 Å². The number of benzene rings is 1. The molecule has 0 radical (unpaired) electrons. The number of nitrogens with zero attached hydrogens (tertiary/aromatic N) is 2. The Morgan fingerprint density at radius 1 is 1.26 bits per heavy atom. The van der Waals surface area contributed by atoms with Crippen LogP contribution in [0.2, 0.25) is 0 Å². The zero-order valence-electron chi connectivity index (χ0n) is 11.9. The lowest BCUT2D eigenvalue weighted by atomic mass is 10.0. The van der Waals surface area contributed by atoms with Crippen LogP contribution >= 0.6 is 15.9 Å². The third kappa shape index (κ3) is 4.48. The average Bonchev–Trinajstić information content (AvgIpc) is 2.41. The summed E-state index contributed by atoms with van der Waals surface area (Å²) in [5.74, 6) is 0. The molecule has 0 spiro atoms. The highest BCUT2D eigenvalue weighted by Gasteiger charge is 2.19. The summed E-state index contributed by atoms with van der Waals surface area (Å²) >= 11 is 3.56. The molecule has 2 rings (SSSR count). The molecule has 0 unspecified atom stereocenters. The molecule has 0 aromatic heterocycles. The molecule has 3 nitrogen and oxygen atoms in total. The number of hydrogen-bond donors (Lipinski definition) is 1. The van der Waals surface area contributed by atoms with Gasteiger partial charge in [-0.2, -0.15) is 0 Å². The SMILES string of the molecule is CN(C)C1CCN(CCNc2ccccc2Br)CC1. The summed E-state index contributed by atoms with van der Waals surface area (Å²) in [5, 5.41) is 3.50. The number of anilines is 1. The van der Waals surface area contributed by atoms with E-state index in [-0.39, 0.29) is 0 Å². The summed E-state index contributed by atoms with van der Waals surface area (Å²) in [5.41, 5.74) is 1.19. The van der Waals surface area contributed by atoms with E-state index in [0.717, 1.165) is 23.6 Å². The molecule has 1 aliphatic rings. The van der Waals surface area contributed by atoms with Gasteiger partial charge in [0.1, 0.15) is 0 Å². The van der Waals surface area contributed by atoms with Crippen LogP contribution in [-0.4, -0.2) is 56.1 Å². The van der Waals surface area contributed by atoms with Crippen LogP contribution in [0.4, 0.5) is 5.69 Å². The quantitative estimate of drug-likeness (QED) is 0.898. The lowest BCUT2D eigenvalue weighted by Crippen LogP contribution is -2.43. The van der Waals surface area contributed by atoms with Crippen molar-refractivity contribution in [3.63, 3.8) is 0 Å². The Balaban J connectivity index is 1.69. The van der Waals surface area contributed by atoms with E-state index in [2.05, 4.69) is 63.3 Å². The summed E-state index contributed by atoms with van der Waals surface area (Å²) in [6, 6.07) is 9.07. The first-order chi connectivity index (χ1) is 9.16. The van der Waals surface area contributed by atoms with Crippen molar-refractivity contribution in [1.82, 2.24) is 9.80 Å². The maximum absolute atomic E-state index is 3.56. The van der Waals surface area contributed by atoms with Gasteiger partial charge in [-0.1, -0.05) is 12.1 Å². The first-order valence-electron chi connectivity index (χ1n) is 7.04. The van der Waals surface area contributed by atoms with Crippen LogP contribution in [0.15, 0.2) is 28.7 Å². The molecule has 19 heavy (non-hydrogen) atoms. The van der Waals surface area contributed by atoms with Gasteiger partial charge in [0.25, 0.3) is 0 Å². The van der Waals surface area contributed by atoms with Gasteiger partial charge in [-0.15, -0.1) is 0 Å². The molecule has 1 aromatic rings. The lowest BCUT2D eigenvalue weighted by molar-refractivity contribution is 0.148.